The molecular formula is C27H39N3O3S. The smallest absolute Gasteiger partial charge is 0.322 e. The molecule has 2 aromatic rings. The predicted molar refractivity (Wildman–Crippen MR) is 143 cm³/mol. The number of unbranched alkanes of at least 4 members (excludes halogenated alkanes) is 2. The standard InChI is InChI=1S/C26H35N3O2S.CH4O/c1-5-6-7-14-29(26(31)27-22-9-11-23(12-10-22)28(3)4)24-15-20-8-13-25(17-21(20)16-24)32-19(2)18-30;1-2/h8-13,17-19,24H,5-7,14-16H2,1-4H3,(H,27,31);2H,1H3. The summed E-state index contributed by atoms with van der Waals surface area (Å²) in [7, 11) is 5.01. The Balaban J connectivity index is 0.00000199. The van der Waals surface area contributed by atoms with Crippen LogP contribution in [0.4, 0.5) is 16.2 Å². The number of thioether (sulfide) groups is 1. The summed E-state index contributed by atoms with van der Waals surface area (Å²) in [5.41, 5.74) is 4.52. The van der Waals surface area contributed by atoms with Crippen LogP contribution in [0.25, 0.3) is 0 Å². The van der Waals surface area contributed by atoms with E-state index in [2.05, 4.69) is 30.4 Å². The van der Waals surface area contributed by atoms with Crippen LogP contribution in [0.2, 0.25) is 0 Å². The number of hydrogen-bond donors (Lipinski definition) is 2. The molecule has 0 spiro atoms. The van der Waals surface area contributed by atoms with Crippen molar-refractivity contribution in [2.24, 2.45) is 0 Å². The molecule has 0 bridgehead atoms. The second-order valence-corrected chi connectivity index (χ2v) is 10.2. The van der Waals surface area contributed by atoms with Gasteiger partial charge in [-0.1, -0.05) is 25.8 Å². The summed E-state index contributed by atoms with van der Waals surface area (Å²) < 4.78 is 0. The highest BCUT2D eigenvalue weighted by Crippen LogP contribution is 2.31. The van der Waals surface area contributed by atoms with E-state index in [1.54, 1.807) is 11.8 Å². The maximum absolute atomic E-state index is 13.3. The lowest BCUT2D eigenvalue weighted by Gasteiger charge is -2.29. The first-order valence-electron chi connectivity index (χ1n) is 11.9. The summed E-state index contributed by atoms with van der Waals surface area (Å²) in [4.78, 5) is 29.5. The van der Waals surface area contributed by atoms with E-state index in [0.717, 1.165) is 68.3 Å². The molecular weight excluding hydrogens is 446 g/mol. The average molecular weight is 486 g/mol. The van der Waals surface area contributed by atoms with E-state index in [0.29, 0.717) is 0 Å². The number of carbonyl (C=O) groups excluding carboxylic acids is 2. The maximum atomic E-state index is 13.3. The monoisotopic (exact) mass is 485 g/mol. The number of hydrogen-bond acceptors (Lipinski definition) is 5. The van der Waals surface area contributed by atoms with Crippen LogP contribution in [0, 0.1) is 0 Å². The zero-order valence-electron chi connectivity index (χ0n) is 21.1. The number of urea groups is 1. The molecule has 0 heterocycles. The number of nitrogens with zero attached hydrogens (tertiary/aromatic N) is 2. The van der Waals surface area contributed by atoms with Gasteiger partial charge in [-0.2, -0.15) is 0 Å². The molecule has 6 nitrogen and oxygen atoms in total. The summed E-state index contributed by atoms with van der Waals surface area (Å²) in [6, 6.07) is 14.5. The zero-order valence-corrected chi connectivity index (χ0v) is 21.9. The van der Waals surface area contributed by atoms with Crippen LogP contribution < -0.4 is 10.2 Å². The van der Waals surface area contributed by atoms with E-state index in [1.165, 1.54) is 11.1 Å². The van der Waals surface area contributed by atoms with Gasteiger partial charge in [0.2, 0.25) is 0 Å². The van der Waals surface area contributed by atoms with Crippen molar-refractivity contribution in [3.63, 3.8) is 0 Å². The Morgan fingerprint density at radius 1 is 1.12 bits per heavy atom. The number of carbonyl (C=O) groups is 2. The normalized spacial score (nSPS) is 14.9. The zero-order chi connectivity index (χ0) is 25.1. The summed E-state index contributed by atoms with van der Waals surface area (Å²) in [6.45, 7) is 4.86. The van der Waals surface area contributed by atoms with Crippen molar-refractivity contribution in [3.8, 4) is 0 Å². The van der Waals surface area contributed by atoms with Gasteiger partial charge in [0.25, 0.3) is 0 Å². The molecule has 0 aromatic heterocycles. The second kappa shape index (κ2) is 14.0. The minimum absolute atomic E-state index is 0.0271. The van der Waals surface area contributed by atoms with E-state index in [4.69, 9.17) is 5.11 Å². The topological polar surface area (TPSA) is 72.9 Å². The lowest BCUT2D eigenvalue weighted by molar-refractivity contribution is -0.107. The van der Waals surface area contributed by atoms with Gasteiger partial charge in [0.05, 0.1) is 5.25 Å². The Hall–Kier alpha value is -2.51. The predicted octanol–water partition coefficient (Wildman–Crippen LogP) is 5.23. The van der Waals surface area contributed by atoms with Crippen molar-refractivity contribution in [1.29, 1.82) is 0 Å². The largest absolute Gasteiger partial charge is 0.400 e. The Morgan fingerprint density at radius 3 is 2.41 bits per heavy atom. The maximum Gasteiger partial charge on any atom is 0.322 e. The van der Waals surface area contributed by atoms with Crippen LogP contribution in [0.1, 0.15) is 44.2 Å². The van der Waals surface area contributed by atoms with Crippen LogP contribution in [0.15, 0.2) is 47.4 Å². The molecule has 0 saturated carbocycles. The van der Waals surface area contributed by atoms with Gasteiger partial charge in [0.1, 0.15) is 6.29 Å². The first-order chi connectivity index (χ1) is 16.4. The fourth-order valence-electron chi connectivity index (χ4n) is 4.13. The van der Waals surface area contributed by atoms with Crippen molar-refractivity contribution in [3.05, 3.63) is 53.6 Å². The molecule has 0 radical (unpaired) electrons. The first-order valence-corrected chi connectivity index (χ1v) is 12.8. The van der Waals surface area contributed by atoms with Gasteiger partial charge in [-0.3, -0.25) is 0 Å². The third kappa shape index (κ3) is 7.77. The molecule has 2 unspecified atom stereocenters. The SMILES string of the molecule is CCCCCN(C(=O)Nc1ccc(N(C)C)cc1)C1Cc2ccc(SC(C)C=O)cc2C1.CO. The molecule has 2 aromatic carbocycles. The number of aliphatic hydroxyl groups is 1. The molecule has 7 heteroatoms. The van der Waals surface area contributed by atoms with E-state index in [9.17, 15) is 9.59 Å². The van der Waals surface area contributed by atoms with E-state index in [1.807, 2.05) is 55.1 Å². The molecule has 186 valence electrons. The van der Waals surface area contributed by atoms with Gasteiger partial charge in [-0.15, -0.1) is 11.8 Å². The van der Waals surface area contributed by atoms with Crippen molar-refractivity contribution in [2.75, 3.05) is 38.0 Å². The Labute approximate surface area is 208 Å². The molecule has 3 rings (SSSR count). The Morgan fingerprint density at radius 2 is 1.79 bits per heavy atom. The minimum atomic E-state index is -0.0551. The molecule has 2 N–H and O–H groups in total. The highest BCUT2D eigenvalue weighted by Gasteiger charge is 2.30. The van der Waals surface area contributed by atoms with Crippen LogP contribution in [0.5, 0.6) is 0 Å². The highest BCUT2D eigenvalue weighted by atomic mass is 32.2. The van der Waals surface area contributed by atoms with Crippen molar-refractivity contribution in [1.82, 2.24) is 4.90 Å². The summed E-state index contributed by atoms with van der Waals surface area (Å²) >= 11 is 1.58. The number of rotatable bonds is 10. The number of amides is 2. The summed E-state index contributed by atoms with van der Waals surface area (Å²) in [5.74, 6) is 0. The van der Waals surface area contributed by atoms with Crippen molar-refractivity contribution in [2.45, 2.75) is 62.1 Å². The lowest BCUT2D eigenvalue weighted by Crippen LogP contribution is -2.44. The van der Waals surface area contributed by atoms with Gasteiger partial charge in [-0.05, 0) is 73.7 Å². The van der Waals surface area contributed by atoms with Crippen LogP contribution in [0.3, 0.4) is 0 Å². The van der Waals surface area contributed by atoms with Crippen LogP contribution in [-0.2, 0) is 17.6 Å². The van der Waals surface area contributed by atoms with E-state index >= 15 is 0 Å². The highest BCUT2D eigenvalue weighted by molar-refractivity contribution is 8.00. The van der Waals surface area contributed by atoms with Crippen LogP contribution in [-0.4, -0.2) is 61.4 Å². The van der Waals surface area contributed by atoms with Gasteiger partial charge >= 0.3 is 6.03 Å². The van der Waals surface area contributed by atoms with E-state index in [-0.39, 0.29) is 17.3 Å². The molecule has 2 amide bonds. The van der Waals surface area contributed by atoms with E-state index < -0.39 is 0 Å². The van der Waals surface area contributed by atoms with Gasteiger partial charge < -0.3 is 25.0 Å². The molecule has 1 aliphatic carbocycles. The first kappa shape index (κ1) is 27.7. The molecule has 2 atom stereocenters. The molecule has 0 fully saturated rings. The number of aldehydes is 1. The number of benzene rings is 2. The Kier molecular flexibility index (Phi) is 11.4. The number of fused-ring (bicyclic) bond motifs is 1. The fraction of sp³-hybridized carbons (Fsp3) is 0.481. The van der Waals surface area contributed by atoms with Crippen LogP contribution >= 0.6 is 11.8 Å². The average Bonchev–Trinajstić information content (AvgIpc) is 3.26. The number of nitrogens with one attached hydrogen (secondary N) is 1. The molecule has 1 aliphatic rings. The quantitative estimate of drug-likeness (QED) is 0.274. The third-order valence-electron chi connectivity index (χ3n) is 5.94. The van der Waals surface area contributed by atoms with Crippen molar-refractivity contribution < 1.29 is 14.7 Å². The van der Waals surface area contributed by atoms with Gasteiger partial charge in [0, 0.05) is 50.1 Å². The number of anilines is 2. The third-order valence-corrected chi connectivity index (χ3v) is 6.95. The molecule has 0 saturated heterocycles. The summed E-state index contributed by atoms with van der Waals surface area (Å²) in [5, 5.41) is 10.1. The molecule has 34 heavy (non-hydrogen) atoms. The number of aliphatic hydroxyl groups excluding tert-OH is 1. The summed E-state index contributed by atoms with van der Waals surface area (Å²) in [6.07, 6.45) is 5.97. The minimum Gasteiger partial charge on any atom is -0.400 e. The Bertz CT molecular complexity index is 918. The second-order valence-electron chi connectivity index (χ2n) is 8.72. The molecule has 0 aliphatic heterocycles. The van der Waals surface area contributed by atoms with Crippen molar-refractivity contribution >= 4 is 35.5 Å². The fourth-order valence-corrected chi connectivity index (χ4v) is 4.97. The lowest BCUT2D eigenvalue weighted by atomic mass is 10.1. The van der Waals surface area contributed by atoms with Gasteiger partial charge in [-0.25, -0.2) is 4.79 Å². The van der Waals surface area contributed by atoms with Gasteiger partial charge in [0.15, 0.2) is 0 Å².